The standard InChI is InChI=1S/C16H23N3O3.ClH/c1-11-3-4-13(18-12(2)20)9-14(11)19-15(21)16(10-17)5-7-22-8-6-16;/h3-4,9H,5-8,10,17H2,1-2H3,(H,18,20)(H,19,21);1H. The van der Waals surface area contributed by atoms with Crippen LogP contribution < -0.4 is 16.4 Å². The second kappa shape index (κ2) is 8.29. The van der Waals surface area contributed by atoms with Crippen LogP contribution in [0, 0.1) is 12.3 Å². The maximum Gasteiger partial charge on any atom is 0.232 e. The van der Waals surface area contributed by atoms with E-state index in [4.69, 9.17) is 10.5 Å². The van der Waals surface area contributed by atoms with Gasteiger partial charge in [0.25, 0.3) is 0 Å². The van der Waals surface area contributed by atoms with Gasteiger partial charge in [-0.1, -0.05) is 6.07 Å². The lowest BCUT2D eigenvalue weighted by Crippen LogP contribution is -2.46. The molecule has 0 bridgehead atoms. The molecule has 2 amide bonds. The molecule has 2 rings (SSSR count). The average molecular weight is 342 g/mol. The molecule has 0 saturated carbocycles. The second-order valence-corrected chi connectivity index (χ2v) is 5.76. The predicted molar refractivity (Wildman–Crippen MR) is 92.9 cm³/mol. The lowest BCUT2D eigenvalue weighted by atomic mass is 9.79. The van der Waals surface area contributed by atoms with Gasteiger partial charge in [0, 0.05) is 38.1 Å². The van der Waals surface area contributed by atoms with Gasteiger partial charge < -0.3 is 21.1 Å². The zero-order chi connectivity index (χ0) is 16.2. The molecule has 1 aliphatic heterocycles. The fourth-order valence-electron chi connectivity index (χ4n) is 2.58. The number of nitrogens with one attached hydrogen (secondary N) is 2. The van der Waals surface area contributed by atoms with Gasteiger partial charge in [-0.3, -0.25) is 9.59 Å². The summed E-state index contributed by atoms with van der Waals surface area (Å²) in [7, 11) is 0. The SMILES string of the molecule is CC(=O)Nc1ccc(C)c(NC(=O)C2(CN)CCOCC2)c1.Cl. The van der Waals surface area contributed by atoms with Crippen molar-refractivity contribution in [1.82, 2.24) is 0 Å². The Balaban J connectivity index is 0.00000264. The molecule has 1 heterocycles. The molecule has 128 valence electrons. The Kier molecular flexibility index (Phi) is 7.00. The number of carbonyl (C=O) groups excluding carboxylic acids is 2. The van der Waals surface area contributed by atoms with Gasteiger partial charge in [-0.25, -0.2) is 0 Å². The number of halogens is 1. The summed E-state index contributed by atoms with van der Waals surface area (Å²) in [6, 6.07) is 5.43. The van der Waals surface area contributed by atoms with E-state index >= 15 is 0 Å². The Morgan fingerprint density at radius 1 is 1.26 bits per heavy atom. The van der Waals surface area contributed by atoms with Crippen molar-refractivity contribution in [3.05, 3.63) is 23.8 Å². The third kappa shape index (κ3) is 4.67. The Bertz CT molecular complexity index is 572. The van der Waals surface area contributed by atoms with Crippen LogP contribution in [0.5, 0.6) is 0 Å². The molecular formula is C16H24ClN3O3. The van der Waals surface area contributed by atoms with Gasteiger partial charge in [-0.05, 0) is 37.5 Å². The third-order valence-electron chi connectivity index (χ3n) is 4.13. The van der Waals surface area contributed by atoms with E-state index in [1.54, 1.807) is 12.1 Å². The number of rotatable bonds is 4. The molecule has 7 heteroatoms. The Labute approximate surface area is 142 Å². The number of nitrogens with two attached hydrogens (primary N) is 1. The van der Waals surface area contributed by atoms with E-state index in [1.807, 2.05) is 13.0 Å². The highest BCUT2D eigenvalue weighted by molar-refractivity contribution is 5.97. The fourth-order valence-corrected chi connectivity index (χ4v) is 2.58. The fraction of sp³-hybridized carbons (Fsp3) is 0.500. The van der Waals surface area contributed by atoms with Crippen LogP contribution in [-0.4, -0.2) is 31.6 Å². The number of aryl methyl sites for hydroxylation is 1. The molecule has 1 fully saturated rings. The van der Waals surface area contributed by atoms with Crippen molar-refractivity contribution in [3.8, 4) is 0 Å². The summed E-state index contributed by atoms with van der Waals surface area (Å²) in [6.45, 7) is 4.76. The van der Waals surface area contributed by atoms with Crippen molar-refractivity contribution >= 4 is 35.6 Å². The van der Waals surface area contributed by atoms with Crippen molar-refractivity contribution in [1.29, 1.82) is 0 Å². The van der Waals surface area contributed by atoms with Crippen LogP contribution >= 0.6 is 12.4 Å². The van der Waals surface area contributed by atoms with E-state index in [0.717, 1.165) is 5.56 Å². The van der Waals surface area contributed by atoms with E-state index < -0.39 is 5.41 Å². The summed E-state index contributed by atoms with van der Waals surface area (Å²) in [5.41, 5.74) is 7.56. The van der Waals surface area contributed by atoms with Crippen molar-refractivity contribution in [2.75, 3.05) is 30.4 Å². The minimum Gasteiger partial charge on any atom is -0.381 e. The van der Waals surface area contributed by atoms with Gasteiger partial charge >= 0.3 is 0 Å². The first-order valence-electron chi connectivity index (χ1n) is 7.44. The van der Waals surface area contributed by atoms with E-state index in [2.05, 4.69) is 10.6 Å². The summed E-state index contributed by atoms with van der Waals surface area (Å²) in [5, 5.41) is 5.67. The Hall–Kier alpha value is -1.63. The molecule has 1 aliphatic rings. The minimum absolute atomic E-state index is 0. The lowest BCUT2D eigenvalue weighted by molar-refractivity contribution is -0.130. The first kappa shape index (κ1) is 19.4. The number of hydrogen-bond acceptors (Lipinski definition) is 4. The monoisotopic (exact) mass is 341 g/mol. The van der Waals surface area contributed by atoms with Gasteiger partial charge in [-0.15, -0.1) is 12.4 Å². The Morgan fingerprint density at radius 2 is 1.91 bits per heavy atom. The van der Waals surface area contributed by atoms with Gasteiger partial charge in [0.05, 0.1) is 5.41 Å². The molecule has 0 radical (unpaired) electrons. The summed E-state index contributed by atoms with van der Waals surface area (Å²) in [4.78, 5) is 23.8. The molecule has 0 spiro atoms. The van der Waals surface area contributed by atoms with Gasteiger partial charge in [0.15, 0.2) is 0 Å². The number of ether oxygens (including phenoxy) is 1. The van der Waals surface area contributed by atoms with Crippen LogP contribution in [0.3, 0.4) is 0 Å². The summed E-state index contributed by atoms with van der Waals surface area (Å²) >= 11 is 0. The van der Waals surface area contributed by atoms with Gasteiger partial charge in [0.1, 0.15) is 0 Å². The van der Waals surface area contributed by atoms with E-state index in [-0.39, 0.29) is 24.2 Å². The van der Waals surface area contributed by atoms with Crippen LogP contribution in [0.1, 0.15) is 25.3 Å². The first-order valence-corrected chi connectivity index (χ1v) is 7.44. The van der Waals surface area contributed by atoms with Crippen molar-refractivity contribution in [3.63, 3.8) is 0 Å². The normalized spacial score (nSPS) is 16.1. The smallest absolute Gasteiger partial charge is 0.232 e. The molecule has 6 nitrogen and oxygen atoms in total. The van der Waals surface area contributed by atoms with Gasteiger partial charge in [0.2, 0.25) is 11.8 Å². The van der Waals surface area contributed by atoms with Crippen LogP contribution in [0.2, 0.25) is 0 Å². The molecule has 1 aromatic carbocycles. The maximum atomic E-state index is 12.7. The molecule has 0 atom stereocenters. The largest absolute Gasteiger partial charge is 0.381 e. The molecule has 1 saturated heterocycles. The van der Waals surface area contributed by atoms with Crippen LogP contribution in [0.25, 0.3) is 0 Å². The Morgan fingerprint density at radius 3 is 2.48 bits per heavy atom. The first-order chi connectivity index (χ1) is 10.5. The second-order valence-electron chi connectivity index (χ2n) is 5.76. The number of benzene rings is 1. The summed E-state index contributed by atoms with van der Waals surface area (Å²) in [6.07, 6.45) is 1.25. The van der Waals surface area contributed by atoms with E-state index in [9.17, 15) is 9.59 Å². The highest BCUT2D eigenvalue weighted by Gasteiger charge is 2.38. The van der Waals surface area contributed by atoms with Crippen molar-refractivity contribution in [2.24, 2.45) is 11.1 Å². The molecule has 0 unspecified atom stereocenters. The third-order valence-corrected chi connectivity index (χ3v) is 4.13. The van der Waals surface area contributed by atoms with Crippen LogP contribution in [0.15, 0.2) is 18.2 Å². The molecular weight excluding hydrogens is 318 g/mol. The molecule has 0 aliphatic carbocycles. The zero-order valence-corrected chi connectivity index (χ0v) is 14.3. The topological polar surface area (TPSA) is 93.5 Å². The molecule has 1 aromatic rings. The number of carbonyl (C=O) groups is 2. The lowest BCUT2D eigenvalue weighted by Gasteiger charge is -2.34. The maximum absolute atomic E-state index is 12.7. The predicted octanol–water partition coefficient (Wildman–Crippen LogP) is 2.07. The zero-order valence-electron chi connectivity index (χ0n) is 13.5. The summed E-state index contributed by atoms with van der Waals surface area (Å²) < 4.78 is 5.33. The quantitative estimate of drug-likeness (QED) is 0.781. The highest BCUT2D eigenvalue weighted by Crippen LogP contribution is 2.32. The molecule has 4 N–H and O–H groups in total. The van der Waals surface area contributed by atoms with Crippen molar-refractivity contribution < 1.29 is 14.3 Å². The molecule has 0 aromatic heterocycles. The molecule has 23 heavy (non-hydrogen) atoms. The van der Waals surface area contributed by atoms with Crippen LogP contribution in [-0.2, 0) is 14.3 Å². The van der Waals surface area contributed by atoms with Gasteiger partial charge in [-0.2, -0.15) is 0 Å². The minimum atomic E-state index is -0.575. The number of amides is 2. The van der Waals surface area contributed by atoms with Crippen LogP contribution in [0.4, 0.5) is 11.4 Å². The number of anilines is 2. The highest BCUT2D eigenvalue weighted by atomic mass is 35.5. The summed E-state index contributed by atoms with van der Waals surface area (Å²) in [5.74, 6) is -0.231. The number of hydrogen-bond donors (Lipinski definition) is 3. The van der Waals surface area contributed by atoms with E-state index in [0.29, 0.717) is 44.0 Å². The van der Waals surface area contributed by atoms with E-state index in [1.165, 1.54) is 6.92 Å². The van der Waals surface area contributed by atoms with Crippen molar-refractivity contribution in [2.45, 2.75) is 26.7 Å². The average Bonchev–Trinajstić information content (AvgIpc) is 2.50.